The van der Waals surface area contributed by atoms with Crippen molar-refractivity contribution in [2.24, 2.45) is 0 Å². The maximum absolute atomic E-state index is 12.8. The van der Waals surface area contributed by atoms with E-state index in [0.29, 0.717) is 10.8 Å². The van der Waals surface area contributed by atoms with Crippen LogP contribution in [0.5, 0.6) is 0 Å². The van der Waals surface area contributed by atoms with Crippen LogP contribution >= 0.6 is 11.3 Å². The lowest BCUT2D eigenvalue weighted by Gasteiger charge is -2.09. The van der Waals surface area contributed by atoms with Crippen molar-refractivity contribution in [1.29, 1.82) is 0 Å². The second-order valence-corrected chi connectivity index (χ2v) is 11.0. The first-order chi connectivity index (χ1) is 16.4. The average molecular weight is 491 g/mol. The van der Waals surface area contributed by atoms with Gasteiger partial charge in [0.1, 0.15) is 33.6 Å². The van der Waals surface area contributed by atoms with E-state index in [9.17, 15) is 8.42 Å². The molecule has 2 aromatic carbocycles. The van der Waals surface area contributed by atoms with E-state index >= 15 is 0 Å². The van der Waals surface area contributed by atoms with E-state index in [0.717, 1.165) is 39.3 Å². The number of benzene rings is 2. The molecular weight excluding hydrogens is 468 g/mol. The van der Waals surface area contributed by atoms with Gasteiger partial charge < -0.3 is 10.3 Å². The molecule has 0 amide bonds. The van der Waals surface area contributed by atoms with Gasteiger partial charge in [-0.05, 0) is 43.2 Å². The first-order valence-corrected chi connectivity index (χ1v) is 13.2. The molecular formula is C24H22N6O2S2. The third-order valence-corrected chi connectivity index (χ3v) is 8.33. The summed E-state index contributed by atoms with van der Waals surface area (Å²) < 4.78 is 25.7. The highest BCUT2D eigenvalue weighted by atomic mass is 32.2. The van der Waals surface area contributed by atoms with Gasteiger partial charge in [-0.1, -0.05) is 36.8 Å². The maximum Gasteiger partial charge on any atom is 0.184 e. The van der Waals surface area contributed by atoms with Gasteiger partial charge in [0.05, 0.1) is 10.3 Å². The van der Waals surface area contributed by atoms with Gasteiger partial charge in [-0.2, -0.15) is 0 Å². The number of nitrogens with zero attached hydrogens (tertiary/aromatic N) is 4. The van der Waals surface area contributed by atoms with E-state index in [2.05, 4.69) is 61.7 Å². The molecule has 34 heavy (non-hydrogen) atoms. The lowest BCUT2D eigenvalue weighted by molar-refractivity contribution is 0.595. The average Bonchev–Trinajstić information content (AvgIpc) is 3.47. The molecule has 3 aromatic heterocycles. The van der Waals surface area contributed by atoms with Gasteiger partial charge in [0, 0.05) is 17.4 Å². The molecule has 0 saturated carbocycles. The topological polar surface area (TPSA) is 114 Å². The van der Waals surface area contributed by atoms with Gasteiger partial charge in [-0.15, -0.1) is 21.5 Å². The van der Waals surface area contributed by atoms with Crippen molar-refractivity contribution >= 4 is 43.7 Å². The number of fused-ring (bicyclic) bond motifs is 1. The molecule has 0 aliphatic carbocycles. The smallest absolute Gasteiger partial charge is 0.184 e. The molecule has 172 valence electrons. The predicted molar refractivity (Wildman–Crippen MR) is 134 cm³/mol. The number of aromatic amines is 1. The Balaban J connectivity index is 1.41. The zero-order chi connectivity index (χ0) is 23.7. The number of aryl methyl sites for hydroxylation is 2. The highest BCUT2D eigenvalue weighted by Gasteiger charge is 2.19. The van der Waals surface area contributed by atoms with Crippen LogP contribution in [0.15, 0.2) is 66.0 Å². The van der Waals surface area contributed by atoms with Crippen molar-refractivity contribution in [1.82, 2.24) is 25.1 Å². The molecule has 10 heteroatoms. The fourth-order valence-electron chi connectivity index (χ4n) is 3.64. The number of hydrogen-bond acceptors (Lipinski definition) is 8. The Labute approximate surface area is 201 Å². The maximum atomic E-state index is 12.8. The quantitative estimate of drug-likeness (QED) is 0.328. The molecule has 5 rings (SSSR count). The van der Waals surface area contributed by atoms with Crippen LogP contribution < -0.4 is 5.32 Å². The molecule has 8 nitrogen and oxygen atoms in total. The Bertz CT molecular complexity index is 1560. The van der Waals surface area contributed by atoms with E-state index in [4.69, 9.17) is 0 Å². The molecule has 0 atom stereocenters. The summed E-state index contributed by atoms with van der Waals surface area (Å²) in [5.41, 5.74) is 4.67. The number of hydrogen-bond donors (Lipinski definition) is 2. The predicted octanol–water partition coefficient (Wildman–Crippen LogP) is 5.06. The van der Waals surface area contributed by atoms with Gasteiger partial charge in [-0.3, -0.25) is 0 Å². The van der Waals surface area contributed by atoms with Crippen molar-refractivity contribution in [3.8, 4) is 11.1 Å². The van der Waals surface area contributed by atoms with Crippen LogP contribution in [0.25, 0.3) is 22.2 Å². The van der Waals surface area contributed by atoms with Crippen LogP contribution in [0.1, 0.15) is 22.5 Å². The minimum Gasteiger partial charge on any atom is -0.345 e. The van der Waals surface area contributed by atoms with Crippen molar-refractivity contribution in [2.45, 2.75) is 30.9 Å². The van der Waals surface area contributed by atoms with Crippen LogP contribution in [0.4, 0.5) is 11.5 Å². The fraction of sp³-hybridized carbons (Fsp3) is 0.167. The molecule has 0 aliphatic rings. The second kappa shape index (κ2) is 8.96. The minimum absolute atomic E-state index is 0.159. The largest absolute Gasteiger partial charge is 0.345 e. The summed E-state index contributed by atoms with van der Waals surface area (Å²) in [5, 5.41) is 13.5. The molecule has 3 heterocycles. The number of H-pyrrole nitrogens is 1. The lowest BCUT2D eigenvalue weighted by atomic mass is 10.0. The van der Waals surface area contributed by atoms with Gasteiger partial charge in [0.15, 0.2) is 9.84 Å². The molecule has 2 N–H and O–H groups in total. The van der Waals surface area contributed by atoms with E-state index in [1.165, 1.54) is 23.2 Å². The van der Waals surface area contributed by atoms with E-state index < -0.39 is 9.84 Å². The standard InChI is InChI=1S/C24H22N6O2S2/c1-3-20-29-30-21(33-20)13-34(31,32)18-10-8-17(9-11-18)28-24-22-19(12-25-23(22)26-14-27-24)16-6-4-15(2)5-7-16/h4-12,14H,3,13H2,1-2H3,(H2,25,26,27,28). The Morgan fingerprint density at radius 3 is 2.41 bits per heavy atom. The summed E-state index contributed by atoms with van der Waals surface area (Å²) in [5.74, 6) is 0.478. The summed E-state index contributed by atoms with van der Waals surface area (Å²) >= 11 is 1.33. The van der Waals surface area contributed by atoms with Crippen LogP contribution in [-0.4, -0.2) is 33.6 Å². The van der Waals surface area contributed by atoms with Crippen LogP contribution in [0.3, 0.4) is 0 Å². The number of anilines is 2. The van der Waals surface area contributed by atoms with E-state index in [1.54, 1.807) is 24.3 Å². The summed E-state index contributed by atoms with van der Waals surface area (Å²) in [7, 11) is -3.52. The Morgan fingerprint density at radius 2 is 1.71 bits per heavy atom. The summed E-state index contributed by atoms with van der Waals surface area (Å²) in [6, 6.07) is 14.9. The minimum atomic E-state index is -3.52. The molecule has 0 saturated heterocycles. The van der Waals surface area contributed by atoms with Gasteiger partial charge in [0.2, 0.25) is 0 Å². The third kappa shape index (κ3) is 4.42. The zero-order valence-electron chi connectivity index (χ0n) is 18.6. The van der Waals surface area contributed by atoms with Crippen molar-refractivity contribution in [3.05, 3.63) is 76.6 Å². The van der Waals surface area contributed by atoms with Crippen LogP contribution in [0.2, 0.25) is 0 Å². The number of nitrogens with one attached hydrogen (secondary N) is 2. The van der Waals surface area contributed by atoms with Gasteiger partial charge >= 0.3 is 0 Å². The number of sulfone groups is 1. The van der Waals surface area contributed by atoms with Crippen molar-refractivity contribution in [2.75, 3.05) is 5.32 Å². The molecule has 0 fully saturated rings. The molecule has 0 aliphatic heterocycles. The van der Waals surface area contributed by atoms with Crippen molar-refractivity contribution in [3.63, 3.8) is 0 Å². The fourth-order valence-corrected chi connectivity index (χ4v) is 6.02. The zero-order valence-corrected chi connectivity index (χ0v) is 20.2. The summed E-state index contributed by atoms with van der Waals surface area (Å²) in [6.07, 6.45) is 4.15. The van der Waals surface area contributed by atoms with Crippen molar-refractivity contribution < 1.29 is 8.42 Å². The van der Waals surface area contributed by atoms with Crippen LogP contribution in [0, 0.1) is 6.92 Å². The van der Waals surface area contributed by atoms with Gasteiger partial charge in [0.25, 0.3) is 0 Å². The summed E-state index contributed by atoms with van der Waals surface area (Å²) in [6.45, 7) is 4.02. The number of rotatable bonds is 7. The number of aromatic nitrogens is 5. The monoisotopic (exact) mass is 490 g/mol. The highest BCUT2D eigenvalue weighted by Crippen LogP contribution is 2.33. The second-order valence-electron chi connectivity index (χ2n) is 7.87. The lowest BCUT2D eigenvalue weighted by Crippen LogP contribution is -2.05. The Morgan fingerprint density at radius 1 is 0.971 bits per heavy atom. The van der Waals surface area contributed by atoms with E-state index in [1.807, 2.05) is 13.1 Å². The normalized spacial score (nSPS) is 11.7. The molecule has 5 aromatic rings. The highest BCUT2D eigenvalue weighted by molar-refractivity contribution is 7.90. The van der Waals surface area contributed by atoms with Gasteiger partial charge in [-0.25, -0.2) is 18.4 Å². The molecule has 0 unspecified atom stereocenters. The van der Waals surface area contributed by atoms with E-state index in [-0.39, 0.29) is 10.6 Å². The first kappa shape index (κ1) is 22.2. The molecule has 0 spiro atoms. The Kier molecular flexibility index (Phi) is 5.84. The van der Waals surface area contributed by atoms with Crippen LogP contribution in [-0.2, 0) is 22.0 Å². The Hall–Kier alpha value is -3.63. The SMILES string of the molecule is CCc1nnc(CS(=O)(=O)c2ccc(Nc3ncnc4[nH]cc(-c5ccc(C)cc5)c34)cc2)s1. The third-order valence-electron chi connectivity index (χ3n) is 5.43. The molecule has 0 bridgehead atoms. The summed E-state index contributed by atoms with van der Waals surface area (Å²) in [4.78, 5) is 12.2. The first-order valence-electron chi connectivity index (χ1n) is 10.7. The molecule has 0 radical (unpaired) electrons.